The lowest BCUT2D eigenvalue weighted by Crippen LogP contribution is -2.19. The second-order valence-electron chi connectivity index (χ2n) is 13.6. The van der Waals surface area contributed by atoms with Crippen molar-refractivity contribution in [1.29, 1.82) is 0 Å². The van der Waals surface area contributed by atoms with Crippen LogP contribution in [-0.4, -0.2) is 19.1 Å². The molecule has 7 aromatic carbocycles. The minimum atomic E-state index is -0.0395. The van der Waals surface area contributed by atoms with Crippen LogP contribution < -0.4 is 5.69 Å². The molecular weight excluding hydrogens is 653 g/mol. The van der Waals surface area contributed by atoms with E-state index in [1.807, 2.05) is 43.4 Å². The van der Waals surface area contributed by atoms with Gasteiger partial charge in [-0.25, -0.2) is 14.8 Å². The normalized spacial score (nSPS) is 11.7. The van der Waals surface area contributed by atoms with E-state index in [4.69, 9.17) is 14.4 Å². The van der Waals surface area contributed by atoms with E-state index in [9.17, 15) is 4.79 Å². The van der Waals surface area contributed by atoms with E-state index in [0.717, 1.165) is 88.7 Å². The van der Waals surface area contributed by atoms with Crippen LogP contribution in [0.15, 0.2) is 167 Å². The van der Waals surface area contributed by atoms with E-state index in [0.29, 0.717) is 5.82 Å². The molecule has 0 atom stereocenters. The van der Waals surface area contributed by atoms with Crippen LogP contribution >= 0.6 is 0 Å². The van der Waals surface area contributed by atoms with Crippen molar-refractivity contribution in [2.45, 2.75) is 0 Å². The Morgan fingerprint density at radius 3 is 1.94 bits per heavy atom. The van der Waals surface area contributed by atoms with E-state index < -0.39 is 0 Å². The summed E-state index contributed by atoms with van der Waals surface area (Å²) in [6.45, 7) is 0. The molecule has 10 aromatic rings. The van der Waals surface area contributed by atoms with Gasteiger partial charge in [0, 0.05) is 46.9 Å². The van der Waals surface area contributed by atoms with Crippen LogP contribution in [0, 0.1) is 0 Å². The molecule has 3 aromatic heterocycles. The standard InChI is InChI=1S/C47H32N4O2/c1-50-42-23-20-35(27-43(42)51(2)47(50)52)33-12-8-13-36(25-33)41-28-40(48-46(49-41)32-10-4-3-5-11-32)31-17-15-29(16-18-31)34-21-24-44-39(26-34)38-22-19-30-9-6-7-14-37(30)45(38)53-44/h3-28H,1-2H3. The van der Waals surface area contributed by atoms with Gasteiger partial charge in [-0.05, 0) is 70.1 Å². The van der Waals surface area contributed by atoms with E-state index >= 15 is 0 Å². The Morgan fingerprint density at radius 2 is 1.09 bits per heavy atom. The molecule has 0 unspecified atom stereocenters. The minimum absolute atomic E-state index is 0.0395. The molecule has 0 fully saturated rings. The zero-order chi connectivity index (χ0) is 35.6. The summed E-state index contributed by atoms with van der Waals surface area (Å²) in [4.78, 5) is 22.7. The van der Waals surface area contributed by atoms with Gasteiger partial charge in [-0.2, -0.15) is 0 Å². The van der Waals surface area contributed by atoms with E-state index in [1.54, 1.807) is 16.2 Å². The van der Waals surface area contributed by atoms with Crippen molar-refractivity contribution in [3.63, 3.8) is 0 Å². The number of nitrogens with zero attached hydrogens (tertiary/aromatic N) is 4. The number of hydrogen-bond donors (Lipinski definition) is 0. The Balaban J connectivity index is 1.04. The molecule has 0 aliphatic carbocycles. The quantitative estimate of drug-likeness (QED) is 0.181. The molecule has 3 heterocycles. The molecule has 10 rings (SSSR count). The topological polar surface area (TPSA) is 65.8 Å². The number of hydrogen-bond acceptors (Lipinski definition) is 4. The number of benzene rings is 7. The Bertz CT molecular complexity index is 3100. The summed E-state index contributed by atoms with van der Waals surface area (Å²) in [6.07, 6.45) is 0. The Morgan fingerprint density at radius 1 is 0.453 bits per heavy atom. The van der Waals surface area contributed by atoms with Crippen molar-refractivity contribution >= 4 is 43.7 Å². The molecule has 0 saturated carbocycles. The number of aryl methyl sites for hydroxylation is 2. The lowest BCUT2D eigenvalue weighted by atomic mass is 9.98. The van der Waals surface area contributed by atoms with Crippen LogP contribution in [0.3, 0.4) is 0 Å². The SMILES string of the molecule is Cn1c(=O)n(C)c2cc(-c3cccc(-c4cc(-c5ccc(-c6ccc7oc8c9ccccc9ccc8c7c6)cc5)nc(-c5ccccc5)n4)c3)ccc21. The van der Waals surface area contributed by atoms with Crippen LogP contribution in [0.1, 0.15) is 0 Å². The van der Waals surface area contributed by atoms with Gasteiger partial charge in [0.25, 0.3) is 0 Å². The van der Waals surface area contributed by atoms with Crippen molar-refractivity contribution in [2.24, 2.45) is 14.1 Å². The number of furan rings is 1. The van der Waals surface area contributed by atoms with Crippen molar-refractivity contribution < 1.29 is 4.42 Å². The molecule has 0 amide bonds. The number of imidazole rings is 1. The highest BCUT2D eigenvalue weighted by atomic mass is 16.3. The predicted molar refractivity (Wildman–Crippen MR) is 216 cm³/mol. The third-order valence-corrected chi connectivity index (χ3v) is 10.4. The highest BCUT2D eigenvalue weighted by Gasteiger charge is 2.15. The zero-order valence-corrected chi connectivity index (χ0v) is 29.1. The van der Waals surface area contributed by atoms with Gasteiger partial charge in [-0.1, -0.05) is 115 Å². The first-order valence-electron chi connectivity index (χ1n) is 17.6. The van der Waals surface area contributed by atoms with Crippen molar-refractivity contribution in [3.8, 4) is 56.2 Å². The summed E-state index contributed by atoms with van der Waals surface area (Å²) in [7, 11) is 3.62. The molecule has 0 spiro atoms. The molecule has 0 radical (unpaired) electrons. The predicted octanol–water partition coefficient (Wildman–Crippen LogP) is 11.1. The molecule has 0 saturated heterocycles. The van der Waals surface area contributed by atoms with Crippen LogP contribution in [0.5, 0.6) is 0 Å². The Kier molecular flexibility index (Phi) is 6.98. The summed E-state index contributed by atoms with van der Waals surface area (Å²) in [6, 6.07) is 54.4. The summed E-state index contributed by atoms with van der Waals surface area (Å²) in [5.41, 5.74) is 12.5. The number of aromatic nitrogens is 4. The van der Waals surface area contributed by atoms with Crippen LogP contribution in [0.2, 0.25) is 0 Å². The van der Waals surface area contributed by atoms with Gasteiger partial charge >= 0.3 is 5.69 Å². The molecular formula is C47H32N4O2. The largest absolute Gasteiger partial charge is 0.455 e. The number of fused-ring (bicyclic) bond motifs is 6. The summed E-state index contributed by atoms with van der Waals surface area (Å²) in [5, 5.41) is 4.52. The molecule has 0 bridgehead atoms. The third kappa shape index (κ3) is 5.15. The third-order valence-electron chi connectivity index (χ3n) is 10.4. The summed E-state index contributed by atoms with van der Waals surface area (Å²) in [5.74, 6) is 0.665. The van der Waals surface area contributed by atoms with Crippen molar-refractivity contribution in [1.82, 2.24) is 19.1 Å². The lowest BCUT2D eigenvalue weighted by molar-refractivity contribution is 0.672. The molecule has 0 aliphatic rings. The molecule has 6 heteroatoms. The zero-order valence-electron chi connectivity index (χ0n) is 29.1. The van der Waals surface area contributed by atoms with Gasteiger partial charge in [-0.3, -0.25) is 9.13 Å². The van der Waals surface area contributed by atoms with Crippen LogP contribution in [0.4, 0.5) is 0 Å². The van der Waals surface area contributed by atoms with Gasteiger partial charge in [0.15, 0.2) is 5.82 Å². The van der Waals surface area contributed by atoms with E-state index in [2.05, 4.69) is 121 Å². The molecule has 53 heavy (non-hydrogen) atoms. The monoisotopic (exact) mass is 684 g/mol. The summed E-state index contributed by atoms with van der Waals surface area (Å²) < 4.78 is 9.73. The second-order valence-corrected chi connectivity index (χ2v) is 13.6. The van der Waals surface area contributed by atoms with Crippen molar-refractivity contribution in [2.75, 3.05) is 0 Å². The lowest BCUT2D eigenvalue weighted by Gasteiger charge is -2.11. The van der Waals surface area contributed by atoms with Crippen molar-refractivity contribution in [3.05, 3.63) is 168 Å². The molecule has 0 N–H and O–H groups in total. The average Bonchev–Trinajstić information content (AvgIpc) is 3.71. The average molecular weight is 685 g/mol. The highest BCUT2D eigenvalue weighted by Crippen LogP contribution is 2.37. The maximum Gasteiger partial charge on any atom is 0.328 e. The summed E-state index contributed by atoms with van der Waals surface area (Å²) >= 11 is 0. The first-order chi connectivity index (χ1) is 26.0. The molecule has 6 nitrogen and oxygen atoms in total. The van der Waals surface area contributed by atoms with Gasteiger partial charge < -0.3 is 4.42 Å². The van der Waals surface area contributed by atoms with Gasteiger partial charge in [0.2, 0.25) is 0 Å². The maximum absolute atomic E-state index is 12.6. The van der Waals surface area contributed by atoms with E-state index in [-0.39, 0.29) is 5.69 Å². The minimum Gasteiger partial charge on any atom is -0.455 e. The maximum atomic E-state index is 12.6. The first-order valence-corrected chi connectivity index (χ1v) is 17.6. The Hall–Kier alpha value is -7.05. The fourth-order valence-electron chi connectivity index (χ4n) is 7.52. The highest BCUT2D eigenvalue weighted by molar-refractivity contribution is 6.15. The fraction of sp³-hybridized carbons (Fsp3) is 0.0426. The second kappa shape index (κ2) is 12.0. The van der Waals surface area contributed by atoms with Gasteiger partial charge in [-0.15, -0.1) is 0 Å². The van der Waals surface area contributed by atoms with Gasteiger partial charge in [0.1, 0.15) is 11.2 Å². The van der Waals surface area contributed by atoms with Crippen LogP contribution in [0.25, 0.3) is 99.9 Å². The number of rotatable bonds is 5. The van der Waals surface area contributed by atoms with E-state index in [1.165, 1.54) is 5.39 Å². The molecule has 0 aliphatic heterocycles. The van der Waals surface area contributed by atoms with Crippen LogP contribution in [-0.2, 0) is 14.1 Å². The molecule has 252 valence electrons. The fourth-order valence-corrected chi connectivity index (χ4v) is 7.52. The smallest absolute Gasteiger partial charge is 0.328 e. The van der Waals surface area contributed by atoms with Gasteiger partial charge in [0.05, 0.1) is 22.4 Å². The Labute approximate surface area is 304 Å². The first kappa shape index (κ1) is 30.7.